The Morgan fingerprint density at radius 2 is 0.569 bits per heavy atom. The van der Waals surface area contributed by atoms with Crippen molar-refractivity contribution in [2.45, 2.75) is 214 Å². The van der Waals surface area contributed by atoms with Crippen LogP contribution < -0.4 is 61.8 Å². The number of amides is 3. The summed E-state index contributed by atoms with van der Waals surface area (Å²) in [5, 5.41) is 42.2. The average Bonchev–Trinajstić information content (AvgIpc) is 0.882. The Kier molecular flexibility index (Phi) is 103. The van der Waals surface area contributed by atoms with Gasteiger partial charge in [0, 0.05) is 78.0 Å². The summed E-state index contributed by atoms with van der Waals surface area (Å²) in [7, 11) is 0. The molecule has 3 atom stereocenters. The fraction of sp³-hybridized carbons (Fsp3) is 0.803. The van der Waals surface area contributed by atoms with Gasteiger partial charge in [0.25, 0.3) is 0 Å². The number of Topliss-reactive ketones (excluding diaryl/α,β-unsaturated/α-hetero) is 7. The quantitative estimate of drug-likeness (QED) is 0.0291. The Morgan fingerprint density at radius 3 is 0.982 bits per heavy atom. The van der Waals surface area contributed by atoms with Crippen LogP contribution in [0.2, 0.25) is 0 Å². The first-order valence-electron chi connectivity index (χ1n) is 36.8. The van der Waals surface area contributed by atoms with Crippen LogP contribution in [-0.2, 0) is 110 Å². The maximum atomic E-state index is 12.7. The van der Waals surface area contributed by atoms with Crippen molar-refractivity contribution in [2.24, 2.45) is 45.9 Å². The zero-order valence-corrected chi connectivity index (χ0v) is 66.3. The highest BCUT2D eigenvalue weighted by atomic mass is 16.5. The van der Waals surface area contributed by atoms with E-state index in [0.29, 0.717) is 91.2 Å². The fourth-order valence-corrected chi connectivity index (χ4v) is 7.35. The van der Waals surface area contributed by atoms with E-state index in [4.69, 9.17) is 94.0 Å². The number of aliphatic carboxylic acids is 4. The van der Waals surface area contributed by atoms with Crippen LogP contribution in [0, 0.1) is 0 Å². The SMILES string of the molecule is CC(=O)CCC(NC(=O)CCC(NC(=O)COCCOCCN)C(=O)NC(CCC(=O)O)C(=O)O)C(=O)O.CC(=O)CCCCCCCN.CC(=O)CCCCOCCN.CC(=O)COCCCCCN.CC(=O)COCCCOCN.CC(=O)COCCOCCN.CC(=O)COCN.NCCCCCC(=O)O. The molecule has 0 fully saturated rings. The van der Waals surface area contributed by atoms with Crippen LogP contribution in [0.3, 0.4) is 0 Å². The van der Waals surface area contributed by atoms with Crippen LogP contribution in [0.5, 0.6) is 0 Å². The summed E-state index contributed by atoms with van der Waals surface area (Å²) in [5.41, 5.74) is 41.5. The molecule has 0 spiro atoms. The van der Waals surface area contributed by atoms with Crippen LogP contribution in [0.4, 0.5) is 0 Å². The molecule has 0 rings (SSSR count). The van der Waals surface area contributed by atoms with Crippen LogP contribution in [0.15, 0.2) is 0 Å². The van der Waals surface area contributed by atoms with E-state index in [1.807, 2.05) is 0 Å². The summed E-state index contributed by atoms with van der Waals surface area (Å²) >= 11 is 0. The lowest BCUT2D eigenvalue weighted by molar-refractivity contribution is -0.144. The minimum absolute atomic E-state index is 0.00505. The number of carboxylic acids is 4. The predicted octanol–water partition coefficient (Wildman–Crippen LogP) is 0.513. The van der Waals surface area contributed by atoms with E-state index in [9.17, 15) is 77.3 Å². The molecule has 0 aromatic heterocycles. The maximum Gasteiger partial charge on any atom is 0.326 e. The van der Waals surface area contributed by atoms with Gasteiger partial charge < -0.3 is 139 Å². The topological polar surface area (TPSA) is 647 Å². The van der Waals surface area contributed by atoms with Crippen molar-refractivity contribution in [3.05, 3.63) is 0 Å². The first-order valence-corrected chi connectivity index (χ1v) is 36.8. The number of carboxylic acid groups (broad SMARTS) is 4. The summed E-state index contributed by atoms with van der Waals surface area (Å²) in [6.45, 7) is 19.9. The molecule has 0 bridgehead atoms. The number of carbonyl (C=O) groups is 14. The summed E-state index contributed by atoms with van der Waals surface area (Å²) in [6.07, 6.45) is 13.9. The van der Waals surface area contributed by atoms with Crippen molar-refractivity contribution in [2.75, 3.05) is 158 Å². The lowest BCUT2D eigenvalue weighted by Crippen LogP contribution is -2.52. The normalized spacial score (nSPS) is 10.9. The number of nitrogens with one attached hydrogen (secondary N) is 3. The zero-order valence-electron chi connectivity index (χ0n) is 66.3. The minimum Gasteiger partial charge on any atom is -0.481 e. The first kappa shape index (κ1) is 118. The van der Waals surface area contributed by atoms with Gasteiger partial charge in [-0.3, -0.25) is 43.2 Å². The Hall–Kier alpha value is -6.70. The van der Waals surface area contributed by atoms with Crippen molar-refractivity contribution in [3.63, 3.8) is 0 Å². The Morgan fingerprint density at radius 1 is 0.257 bits per heavy atom. The third-order valence-electron chi connectivity index (χ3n) is 12.7. The van der Waals surface area contributed by atoms with E-state index < -0.39 is 85.6 Å². The van der Waals surface area contributed by atoms with Crippen molar-refractivity contribution in [1.29, 1.82) is 0 Å². The molecule has 0 radical (unpaired) electrons. The fourth-order valence-electron chi connectivity index (χ4n) is 7.35. The Balaban J connectivity index is -0.000000197. The minimum atomic E-state index is -1.58. The van der Waals surface area contributed by atoms with Crippen LogP contribution >= 0.6 is 0 Å². The van der Waals surface area contributed by atoms with E-state index >= 15 is 0 Å². The number of ketones is 7. The zero-order chi connectivity index (χ0) is 84.5. The molecule has 0 saturated heterocycles. The molecule has 0 aliphatic heterocycles. The lowest BCUT2D eigenvalue weighted by atomic mass is 10.1. The third kappa shape index (κ3) is 122. The molecule has 0 saturated carbocycles. The Labute approximate surface area is 644 Å². The highest BCUT2D eigenvalue weighted by Crippen LogP contribution is 2.07. The smallest absolute Gasteiger partial charge is 0.326 e. The third-order valence-corrected chi connectivity index (χ3v) is 12.7. The van der Waals surface area contributed by atoms with E-state index in [-0.39, 0.29) is 113 Å². The van der Waals surface area contributed by atoms with E-state index in [2.05, 4.69) is 20.7 Å². The molecule has 109 heavy (non-hydrogen) atoms. The first-order chi connectivity index (χ1) is 51.8. The van der Waals surface area contributed by atoms with Crippen molar-refractivity contribution in [3.8, 4) is 0 Å². The van der Waals surface area contributed by atoms with Gasteiger partial charge in [-0.05, 0) is 152 Å². The van der Waals surface area contributed by atoms with Crippen molar-refractivity contribution < 1.29 is 130 Å². The van der Waals surface area contributed by atoms with Crippen molar-refractivity contribution >= 4 is 82.1 Å². The molecule has 38 heteroatoms. The number of hydrogen-bond acceptors (Lipinski definition) is 31. The number of nitrogens with two attached hydrogens (primary N) is 8. The van der Waals surface area contributed by atoms with E-state index in [1.54, 1.807) is 13.8 Å². The Bertz CT molecular complexity index is 2130. The number of hydrogen-bond donors (Lipinski definition) is 15. The summed E-state index contributed by atoms with van der Waals surface area (Å²) < 4.78 is 44.7. The monoisotopic (exact) mass is 1580 g/mol. The molecule has 642 valence electrons. The second kappa shape index (κ2) is 95.5. The molecule has 38 nitrogen and oxygen atoms in total. The second-order valence-corrected chi connectivity index (χ2v) is 23.9. The number of rotatable bonds is 65. The molecule has 0 aromatic rings. The van der Waals surface area contributed by atoms with Gasteiger partial charge in [-0.1, -0.05) is 25.7 Å². The summed E-state index contributed by atoms with van der Waals surface area (Å²) in [5.74, 6) is -6.96. The van der Waals surface area contributed by atoms with Gasteiger partial charge in [0.1, 0.15) is 68.5 Å². The number of unbranched alkanes of at least 4 members (excludes halogenated alkanes) is 9. The van der Waals surface area contributed by atoms with Gasteiger partial charge in [0.15, 0.2) is 23.1 Å². The van der Waals surface area contributed by atoms with E-state index in [1.165, 1.54) is 53.9 Å². The molecule has 0 aliphatic rings. The van der Waals surface area contributed by atoms with Crippen molar-refractivity contribution in [1.82, 2.24) is 16.0 Å². The molecule has 3 unspecified atom stereocenters. The molecule has 0 aromatic carbocycles. The van der Waals surface area contributed by atoms with Gasteiger partial charge in [-0.25, -0.2) is 9.59 Å². The standard InChI is InChI=1S/C22H36N4O12.C9H19NO.2C8H17NO2.2C7H15NO3.C6H13NO2.C4H9NO2/c1-13(27)2-3-15(21(33)34)25-17(28)6-4-14(24-18(29)12-38-11-10-37-9-8-23)20(32)26-16(22(35)36)5-7-19(30)31;1-9(11)7-5-3-2-4-6-8-10;1-8(10)4-2-3-6-11-7-5-9;1-8(10)7-11-6-4-2-3-5-9;1-7(9)6-11-5-4-10-3-2-8;1-7(9)5-10-3-2-4-11-6-8;7-5-3-1-2-4-6(8)9;1-4(6)2-7-3-5/h14-16H,2-12,23H2,1H3,(H,24,29)(H,25,28)(H,26,32)(H,30,31)(H,33,34)(H,35,36);2-8,10H2,1H3;2*2-7,9H2,1H3;2*2-6,8H2,1H3;1-5,7H2,(H,8,9);2-3,5H2,1H3. The average molecular weight is 1580 g/mol. The van der Waals surface area contributed by atoms with Crippen LogP contribution in [0.1, 0.15) is 196 Å². The molecule has 0 aliphatic carbocycles. The van der Waals surface area contributed by atoms with Crippen LogP contribution in [-0.4, -0.2) is 279 Å². The van der Waals surface area contributed by atoms with Gasteiger partial charge in [0.05, 0.1) is 66.3 Å². The number of carbonyl (C=O) groups excluding carboxylic acids is 10. The van der Waals surface area contributed by atoms with Gasteiger partial charge in [-0.2, -0.15) is 0 Å². The largest absolute Gasteiger partial charge is 0.481 e. The molecule has 0 heterocycles. The molecular formula is C71H141N11O27. The maximum absolute atomic E-state index is 12.7. The lowest BCUT2D eigenvalue weighted by Gasteiger charge is -2.21. The van der Waals surface area contributed by atoms with Gasteiger partial charge in [-0.15, -0.1) is 0 Å². The second-order valence-electron chi connectivity index (χ2n) is 23.9. The van der Waals surface area contributed by atoms with Gasteiger partial charge in [0.2, 0.25) is 17.7 Å². The van der Waals surface area contributed by atoms with E-state index in [0.717, 1.165) is 96.7 Å². The molecule has 3 amide bonds. The van der Waals surface area contributed by atoms with Crippen LogP contribution in [0.25, 0.3) is 0 Å². The molecular weight excluding hydrogens is 1440 g/mol. The number of ether oxygens (including phenoxy) is 9. The molecule has 23 N–H and O–H groups in total. The highest BCUT2D eigenvalue weighted by molar-refractivity contribution is 5.92. The summed E-state index contributed by atoms with van der Waals surface area (Å²) in [4.78, 5) is 154. The summed E-state index contributed by atoms with van der Waals surface area (Å²) in [6, 6.07) is -4.36. The van der Waals surface area contributed by atoms with Gasteiger partial charge >= 0.3 is 23.9 Å². The predicted molar refractivity (Wildman–Crippen MR) is 407 cm³/mol. The highest BCUT2D eigenvalue weighted by Gasteiger charge is 2.29.